The second-order valence-electron chi connectivity index (χ2n) is 18.6. The van der Waals surface area contributed by atoms with Gasteiger partial charge < -0.3 is 33.2 Å². The Morgan fingerprint density at radius 1 is 0.282 bits per heavy atom. The van der Waals surface area contributed by atoms with Crippen molar-refractivity contribution < 1.29 is 33.2 Å². The van der Waals surface area contributed by atoms with Crippen molar-refractivity contribution >= 4 is 0 Å². The van der Waals surface area contributed by atoms with Crippen LogP contribution in [0.25, 0.3) is 44.5 Å². The van der Waals surface area contributed by atoms with E-state index in [1.54, 1.807) is 14.2 Å². The fourth-order valence-electron chi connectivity index (χ4n) is 9.20. The third kappa shape index (κ3) is 20.0. The van der Waals surface area contributed by atoms with Crippen molar-refractivity contribution in [1.29, 1.82) is 0 Å². The molecule has 0 saturated carbocycles. The molecule has 0 aromatic heterocycles. The standard InChI is InChI=1S/C64H82O7/c1-65-43-45-68-51-70-63-59(55-33-21-15-22-34-55)47-53(48-60(63)56-35-23-16-24-36-56)31-19-11-7-3-5-9-13-29-41-67-42-30-14-10-6-4-8-12-20-32-54-49-61(57-37-25-17-26-38-57)64(71-52-69-46-44-66-2)62(50-54)58-39-27-18-28-40-58/h15-18,21-28,33-40,47-50H,3-14,19-20,29-32,41-46,51-52H2,1-2H3. The number of unbranched alkanes of at least 4 members (excludes halogenated alkanes) is 14. The van der Waals surface area contributed by atoms with E-state index in [4.69, 9.17) is 33.2 Å². The molecule has 0 aliphatic heterocycles. The van der Waals surface area contributed by atoms with E-state index in [1.165, 1.54) is 114 Å². The van der Waals surface area contributed by atoms with Crippen LogP contribution in [0.2, 0.25) is 0 Å². The Morgan fingerprint density at radius 2 is 0.563 bits per heavy atom. The zero-order chi connectivity index (χ0) is 49.2. The molecule has 6 rings (SSSR count). The summed E-state index contributed by atoms with van der Waals surface area (Å²) in [6, 6.07) is 51.6. The van der Waals surface area contributed by atoms with Gasteiger partial charge in [-0.2, -0.15) is 0 Å². The maximum atomic E-state index is 6.38. The average Bonchev–Trinajstić information content (AvgIpc) is 3.42. The molecule has 0 N–H and O–H groups in total. The quantitative estimate of drug-likeness (QED) is 0.0283. The molecule has 0 atom stereocenters. The van der Waals surface area contributed by atoms with Gasteiger partial charge in [0.2, 0.25) is 0 Å². The molecule has 0 spiro atoms. The molecular formula is C64H82O7. The Hall–Kier alpha value is -5.28. The van der Waals surface area contributed by atoms with Crippen LogP contribution in [0, 0.1) is 0 Å². The van der Waals surface area contributed by atoms with Gasteiger partial charge in [0.1, 0.15) is 11.5 Å². The zero-order valence-electron chi connectivity index (χ0n) is 43.1. The molecule has 0 aliphatic carbocycles. The van der Waals surface area contributed by atoms with E-state index in [2.05, 4.69) is 146 Å². The number of hydrogen-bond donors (Lipinski definition) is 0. The molecule has 7 nitrogen and oxygen atoms in total. The summed E-state index contributed by atoms with van der Waals surface area (Å²) in [4.78, 5) is 0. The molecule has 0 unspecified atom stereocenters. The zero-order valence-corrected chi connectivity index (χ0v) is 43.1. The van der Waals surface area contributed by atoms with Gasteiger partial charge in [0.25, 0.3) is 0 Å². The first-order valence-corrected chi connectivity index (χ1v) is 26.8. The molecule has 71 heavy (non-hydrogen) atoms. The van der Waals surface area contributed by atoms with E-state index in [9.17, 15) is 0 Å². The van der Waals surface area contributed by atoms with Crippen LogP contribution >= 0.6 is 0 Å². The third-order valence-electron chi connectivity index (χ3n) is 13.1. The maximum Gasteiger partial charge on any atom is 0.189 e. The van der Waals surface area contributed by atoms with Crippen LogP contribution in [0.5, 0.6) is 11.5 Å². The van der Waals surface area contributed by atoms with Crippen molar-refractivity contribution in [2.75, 3.05) is 67.4 Å². The first-order chi connectivity index (χ1) is 35.2. The minimum absolute atomic E-state index is 0.177. The molecule has 0 aliphatic rings. The van der Waals surface area contributed by atoms with Gasteiger partial charge in [-0.05, 0) is 96.2 Å². The molecule has 6 aromatic rings. The molecule has 0 saturated heterocycles. The van der Waals surface area contributed by atoms with E-state index >= 15 is 0 Å². The highest BCUT2D eigenvalue weighted by Crippen LogP contribution is 2.42. The molecular weight excluding hydrogens is 881 g/mol. The molecule has 6 aromatic carbocycles. The van der Waals surface area contributed by atoms with Gasteiger partial charge in [-0.3, -0.25) is 0 Å². The summed E-state index contributed by atoms with van der Waals surface area (Å²) in [7, 11) is 3.36. The van der Waals surface area contributed by atoms with Gasteiger partial charge in [-0.15, -0.1) is 0 Å². The van der Waals surface area contributed by atoms with E-state index < -0.39 is 0 Å². The van der Waals surface area contributed by atoms with Crippen LogP contribution in [-0.2, 0) is 36.5 Å². The van der Waals surface area contributed by atoms with Crippen LogP contribution in [0.1, 0.15) is 114 Å². The fourth-order valence-corrected chi connectivity index (χ4v) is 9.20. The monoisotopic (exact) mass is 963 g/mol. The lowest BCUT2D eigenvalue weighted by Crippen LogP contribution is -2.09. The van der Waals surface area contributed by atoms with Gasteiger partial charge in [0.15, 0.2) is 13.6 Å². The second-order valence-corrected chi connectivity index (χ2v) is 18.6. The van der Waals surface area contributed by atoms with Crippen molar-refractivity contribution in [3.63, 3.8) is 0 Å². The second kappa shape index (κ2) is 34.2. The molecule has 0 fully saturated rings. The van der Waals surface area contributed by atoms with Gasteiger partial charge in [0.05, 0.1) is 26.4 Å². The molecule has 0 heterocycles. The summed E-state index contributed by atoms with van der Waals surface area (Å²) < 4.78 is 40.6. The molecule has 7 heteroatoms. The number of rotatable bonds is 38. The van der Waals surface area contributed by atoms with Crippen LogP contribution in [0.4, 0.5) is 0 Å². The predicted octanol–water partition coefficient (Wildman–Crippen LogP) is 16.4. The SMILES string of the molecule is COCCOCOc1c(-c2ccccc2)cc(CCCCCCCCCCOCCCCCCCCCCc2cc(-c3ccccc3)c(OCOCCOC)c(-c3ccccc3)c2)cc1-c1ccccc1. The van der Waals surface area contributed by atoms with Crippen molar-refractivity contribution in [3.8, 4) is 56.0 Å². The first-order valence-electron chi connectivity index (χ1n) is 26.8. The Morgan fingerprint density at radius 3 is 0.859 bits per heavy atom. The van der Waals surface area contributed by atoms with Gasteiger partial charge in [0, 0.05) is 49.7 Å². The first kappa shape index (κ1) is 55.0. The van der Waals surface area contributed by atoms with Crippen molar-refractivity contribution in [3.05, 3.63) is 157 Å². The maximum absolute atomic E-state index is 6.38. The number of benzene rings is 6. The van der Waals surface area contributed by atoms with Gasteiger partial charge >= 0.3 is 0 Å². The van der Waals surface area contributed by atoms with Crippen molar-refractivity contribution in [2.24, 2.45) is 0 Å². The fraction of sp³-hybridized carbons (Fsp3) is 0.438. The normalized spacial score (nSPS) is 11.3. The number of methoxy groups -OCH3 is 2. The Bertz CT molecular complexity index is 2000. The highest BCUT2D eigenvalue weighted by Gasteiger charge is 2.18. The van der Waals surface area contributed by atoms with Crippen LogP contribution in [0.15, 0.2) is 146 Å². The molecule has 0 radical (unpaired) electrons. The molecule has 380 valence electrons. The summed E-state index contributed by atoms with van der Waals surface area (Å²) in [5.74, 6) is 1.73. The summed E-state index contributed by atoms with van der Waals surface area (Å²) in [5, 5.41) is 0. The molecule has 0 bridgehead atoms. The average molecular weight is 963 g/mol. The Balaban J connectivity index is 0.802. The third-order valence-corrected chi connectivity index (χ3v) is 13.1. The summed E-state index contributed by atoms with van der Waals surface area (Å²) in [6.07, 6.45) is 22.3. The topological polar surface area (TPSA) is 64.6 Å². The van der Waals surface area contributed by atoms with E-state index in [0.29, 0.717) is 26.4 Å². The smallest absolute Gasteiger partial charge is 0.189 e. The largest absolute Gasteiger partial charge is 0.466 e. The summed E-state index contributed by atoms with van der Waals surface area (Å²) >= 11 is 0. The highest BCUT2D eigenvalue weighted by molar-refractivity contribution is 5.84. The number of hydrogen-bond acceptors (Lipinski definition) is 7. The number of aryl methyl sites for hydroxylation is 2. The summed E-state index contributed by atoms with van der Waals surface area (Å²) in [6.45, 7) is 4.22. The van der Waals surface area contributed by atoms with Gasteiger partial charge in [-0.25, -0.2) is 0 Å². The van der Waals surface area contributed by atoms with Crippen LogP contribution in [-0.4, -0.2) is 67.4 Å². The van der Waals surface area contributed by atoms with Crippen LogP contribution < -0.4 is 9.47 Å². The lowest BCUT2D eigenvalue weighted by Gasteiger charge is -2.19. The van der Waals surface area contributed by atoms with E-state index in [1.807, 2.05) is 0 Å². The van der Waals surface area contributed by atoms with Gasteiger partial charge in [-0.1, -0.05) is 198 Å². The minimum Gasteiger partial charge on any atom is -0.466 e. The summed E-state index contributed by atoms with van der Waals surface area (Å²) in [5.41, 5.74) is 11.7. The Labute approximate surface area is 427 Å². The lowest BCUT2D eigenvalue weighted by atomic mass is 9.92. The van der Waals surface area contributed by atoms with E-state index in [-0.39, 0.29) is 13.6 Å². The van der Waals surface area contributed by atoms with Crippen LogP contribution in [0.3, 0.4) is 0 Å². The Kier molecular flexibility index (Phi) is 26.5. The van der Waals surface area contributed by atoms with Crippen molar-refractivity contribution in [2.45, 2.75) is 116 Å². The predicted molar refractivity (Wildman–Crippen MR) is 293 cm³/mol. The number of ether oxygens (including phenoxy) is 7. The molecule has 0 amide bonds. The van der Waals surface area contributed by atoms with Crippen molar-refractivity contribution in [1.82, 2.24) is 0 Å². The van der Waals surface area contributed by atoms with E-state index in [0.717, 1.165) is 82.1 Å². The lowest BCUT2D eigenvalue weighted by molar-refractivity contribution is -0.00807. The minimum atomic E-state index is 0.177. The highest BCUT2D eigenvalue weighted by atomic mass is 16.7.